The highest BCUT2D eigenvalue weighted by Crippen LogP contribution is 2.38. The molecule has 0 aliphatic heterocycles. The van der Waals surface area contributed by atoms with Crippen LogP contribution < -0.4 is 25.1 Å². The predicted molar refractivity (Wildman–Crippen MR) is 120 cm³/mol. The summed E-state index contributed by atoms with van der Waals surface area (Å²) in [5.41, 5.74) is 6.99. The minimum absolute atomic E-state index is 0.226. The van der Waals surface area contributed by atoms with Gasteiger partial charge in [0.05, 0.1) is 37.9 Å². The Bertz CT molecular complexity index is 1260. The summed E-state index contributed by atoms with van der Waals surface area (Å²) in [6.45, 7) is 0. The van der Waals surface area contributed by atoms with E-state index in [9.17, 15) is 9.59 Å². The highest BCUT2D eigenvalue weighted by molar-refractivity contribution is 6.16. The molecule has 162 valence electrons. The Kier molecular flexibility index (Phi) is 5.76. The maximum Gasteiger partial charge on any atom is 0.271 e. The Labute approximate surface area is 184 Å². The van der Waals surface area contributed by atoms with Crippen molar-refractivity contribution in [3.05, 3.63) is 71.8 Å². The molecule has 4 aromatic rings. The van der Waals surface area contributed by atoms with Crippen molar-refractivity contribution in [1.82, 2.24) is 15.8 Å². The van der Waals surface area contributed by atoms with E-state index in [0.717, 1.165) is 0 Å². The first-order valence-corrected chi connectivity index (χ1v) is 9.75. The summed E-state index contributed by atoms with van der Waals surface area (Å²) < 4.78 is 15.8. The van der Waals surface area contributed by atoms with E-state index in [2.05, 4.69) is 15.8 Å². The predicted octanol–water partition coefficient (Wildman–Crippen LogP) is 3.49. The molecule has 1 aromatic heterocycles. The molecule has 0 aliphatic carbocycles. The molecule has 0 unspecified atom stereocenters. The lowest BCUT2D eigenvalue weighted by atomic mass is 10.0. The lowest BCUT2D eigenvalue weighted by molar-refractivity contribution is 0.0848. The summed E-state index contributed by atoms with van der Waals surface area (Å²) in [7, 11) is 4.39. The van der Waals surface area contributed by atoms with E-state index < -0.39 is 11.8 Å². The molecule has 0 saturated carbocycles. The summed E-state index contributed by atoms with van der Waals surface area (Å²) in [5, 5.41) is 1.37. The zero-order valence-electron chi connectivity index (χ0n) is 17.8. The molecule has 0 bridgehead atoms. The Hall–Kier alpha value is -4.33. The van der Waals surface area contributed by atoms with Crippen LogP contribution in [0.15, 0.2) is 60.7 Å². The van der Waals surface area contributed by atoms with Crippen LogP contribution in [-0.4, -0.2) is 38.1 Å². The molecular weight excluding hydrogens is 410 g/mol. The largest absolute Gasteiger partial charge is 0.493 e. The Balaban J connectivity index is 1.65. The smallest absolute Gasteiger partial charge is 0.271 e. The lowest BCUT2D eigenvalue weighted by Gasteiger charge is -2.15. The third kappa shape index (κ3) is 3.74. The van der Waals surface area contributed by atoms with Gasteiger partial charge < -0.3 is 14.2 Å². The van der Waals surface area contributed by atoms with Gasteiger partial charge in [-0.3, -0.25) is 20.4 Å². The molecular formula is C24H21N3O5. The second kappa shape index (κ2) is 8.81. The van der Waals surface area contributed by atoms with Crippen molar-refractivity contribution in [1.29, 1.82) is 0 Å². The first-order chi connectivity index (χ1) is 15.6. The number of amides is 2. The van der Waals surface area contributed by atoms with Crippen LogP contribution in [-0.2, 0) is 0 Å². The molecule has 0 radical (unpaired) electrons. The molecule has 2 N–H and O–H groups in total. The number of benzene rings is 3. The van der Waals surface area contributed by atoms with E-state index in [1.165, 1.54) is 33.5 Å². The van der Waals surface area contributed by atoms with E-state index in [4.69, 9.17) is 14.2 Å². The van der Waals surface area contributed by atoms with Crippen LogP contribution in [0.1, 0.15) is 20.7 Å². The Morgan fingerprint density at radius 2 is 1.22 bits per heavy atom. The molecule has 32 heavy (non-hydrogen) atoms. The van der Waals surface area contributed by atoms with Crippen molar-refractivity contribution in [2.75, 3.05) is 21.3 Å². The summed E-state index contributed by atoms with van der Waals surface area (Å²) in [6, 6.07) is 17.7. The number of pyridine rings is 1. The zero-order valence-corrected chi connectivity index (χ0v) is 17.8. The summed E-state index contributed by atoms with van der Waals surface area (Å²) in [5.74, 6) is 0.0232. The van der Waals surface area contributed by atoms with E-state index in [1.807, 2.05) is 48.5 Å². The normalized spacial score (nSPS) is 10.6. The van der Waals surface area contributed by atoms with Crippen molar-refractivity contribution >= 4 is 33.6 Å². The quantitative estimate of drug-likeness (QED) is 0.371. The highest BCUT2D eigenvalue weighted by Gasteiger charge is 2.19. The number of carbonyl (C=O) groups excluding carboxylic acids is 2. The number of ether oxygens (including phenoxy) is 3. The number of hydrazine groups is 1. The number of fused-ring (bicyclic) bond motifs is 2. The van der Waals surface area contributed by atoms with Crippen LogP contribution in [0.5, 0.6) is 17.2 Å². The maximum absolute atomic E-state index is 13.1. The number of carbonyl (C=O) groups is 2. The second-order valence-corrected chi connectivity index (χ2v) is 6.84. The van der Waals surface area contributed by atoms with E-state index >= 15 is 0 Å². The fraction of sp³-hybridized carbons (Fsp3) is 0.125. The van der Waals surface area contributed by atoms with E-state index in [1.54, 1.807) is 0 Å². The van der Waals surface area contributed by atoms with Gasteiger partial charge >= 0.3 is 0 Å². The number of rotatable bonds is 5. The van der Waals surface area contributed by atoms with Crippen LogP contribution in [0.25, 0.3) is 21.8 Å². The number of hydrogen-bond donors (Lipinski definition) is 2. The van der Waals surface area contributed by atoms with Crippen LogP contribution in [0.3, 0.4) is 0 Å². The van der Waals surface area contributed by atoms with Crippen molar-refractivity contribution in [3.63, 3.8) is 0 Å². The molecule has 2 amide bonds. The number of aromatic nitrogens is 1. The van der Waals surface area contributed by atoms with Gasteiger partial charge in [0.1, 0.15) is 0 Å². The van der Waals surface area contributed by atoms with Gasteiger partial charge in [-0.15, -0.1) is 0 Å². The third-order valence-electron chi connectivity index (χ3n) is 5.03. The molecule has 0 atom stereocenters. The Morgan fingerprint density at radius 3 is 1.72 bits per heavy atom. The first-order valence-electron chi connectivity index (χ1n) is 9.75. The molecule has 0 spiro atoms. The number of nitrogens with one attached hydrogen (secondary N) is 2. The van der Waals surface area contributed by atoms with Gasteiger partial charge in [0.15, 0.2) is 11.5 Å². The van der Waals surface area contributed by atoms with Gasteiger partial charge in [-0.1, -0.05) is 36.4 Å². The fourth-order valence-corrected chi connectivity index (χ4v) is 3.54. The molecule has 8 heteroatoms. The summed E-state index contributed by atoms with van der Waals surface area (Å²) >= 11 is 0. The molecule has 0 saturated heterocycles. The number of para-hydroxylation sites is 2. The standard InChI is InChI=1S/C24H21N3O5/c1-30-19-12-14(13-20(31-2)22(19)32-3)23(28)26-27-24(29)21-15-8-4-6-10-17(15)25-18-11-7-5-9-16(18)21/h4-13H,1-3H3,(H,26,28)(H,27,29). The molecule has 1 heterocycles. The van der Waals surface area contributed by atoms with E-state index in [-0.39, 0.29) is 5.56 Å². The lowest BCUT2D eigenvalue weighted by Crippen LogP contribution is -2.41. The van der Waals surface area contributed by atoms with Gasteiger partial charge in [-0.05, 0) is 24.3 Å². The SMILES string of the molecule is COc1cc(C(=O)NNC(=O)c2c3ccccc3nc3ccccc23)cc(OC)c1OC. The minimum Gasteiger partial charge on any atom is -0.493 e. The van der Waals surface area contributed by atoms with Crippen LogP contribution in [0.2, 0.25) is 0 Å². The van der Waals surface area contributed by atoms with Gasteiger partial charge in [0.25, 0.3) is 11.8 Å². The van der Waals surface area contributed by atoms with Crippen LogP contribution in [0, 0.1) is 0 Å². The monoisotopic (exact) mass is 431 g/mol. The van der Waals surface area contributed by atoms with Crippen molar-refractivity contribution in [2.24, 2.45) is 0 Å². The van der Waals surface area contributed by atoms with Gasteiger partial charge in [-0.25, -0.2) is 4.98 Å². The van der Waals surface area contributed by atoms with Crippen LogP contribution >= 0.6 is 0 Å². The average Bonchev–Trinajstić information content (AvgIpc) is 2.84. The fourth-order valence-electron chi connectivity index (χ4n) is 3.54. The first kappa shape index (κ1) is 20.9. The molecule has 0 aliphatic rings. The van der Waals surface area contributed by atoms with Gasteiger partial charge in [0.2, 0.25) is 5.75 Å². The van der Waals surface area contributed by atoms with Crippen molar-refractivity contribution in [3.8, 4) is 17.2 Å². The number of nitrogens with zero attached hydrogens (tertiary/aromatic N) is 1. The summed E-state index contributed by atoms with van der Waals surface area (Å²) in [4.78, 5) is 30.5. The number of hydrogen-bond acceptors (Lipinski definition) is 6. The third-order valence-corrected chi connectivity index (χ3v) is 5.03. The van der Waals surface area contributed by atoms with Crippen molar-refractivity contribution in [2.45, 2.75) is 0 Å². The zero-order chi connectivity index (χ0) is 22.7. The van der Waals surface area contributed by atoms with E-state index in [0.29, 0.717) is 44.6 Å². The Morgan fingerprint density at radius 1 is 0.719 bits per heavy atom. The molecule has 4 rings (SSSR count). The van der Waals surface area contributed by atoms with Gasteiger partial charge in [0, 0.05) is 16.3 Å². The molecule has 8 nitrogen and oxygen atoms in total. The second-order valence-electron chi connectivity index (χ2n) is 6.84. The average molecular weight is 431 g/mol. The summed E-state index contributed by atoms with van der Waals surface area (Å²) in [6.07, 6.45) is 0. The molecule has 0 fully saturated rings. The maximum atomic E-state index is 13.1. The minimum atomic E-state index is -0.541. The van der Waals surface area contributed by atoms with Crippen molar-refractivity contribution < 1.29 is 23.8 Å². The van der Waals surface area contributed by atoms with Crippen LogP contribution in [0.4, 0.5) is 0 Å². The topological polar surface area (TPSA) is 98.8 Å². The van der Waals surface area contributed by atoms with Gasteiger partial charge in [-0.2, -0.15) is 0 Å². The number of methoxy groups -OCH3 is 3. The molecule has 3 aromatic carbocycles. The highest BCUT2D eigenvalue weighted by atomic mass is 16.5.